The van der Waals surface area contributed by atoms with E-state index in [1.807, 2.05) is 35.0 Å². The van der Waals surface area contributed by atoms with Gasteiger partial charge in [0.2, 0.25) is 0 Å². The Hall–Kier alpha value is -3.22. The first kappa shape index (κ1) is 21.6. The highest BCUT2D eigenvalue weighted by molar-refractivity contribution is 7.80. The van der Waals surface area contributed by atoms with Crippen LogP contribution in [0.1, 0.15) is 36.0 Å². The molecule has 0 aliphatic carbocycles. The molecule has 1 saturated heterocycles. The minimum absolute atomic E-state index is 0.0838. The van der Waals surface area contributed by atoms with Gasteiger partial charge in [0, 0.05) is 29.5 Å². The van der Waals surface area contributed by atoms with Crippen LogP contribution in [0, 0.1) is 5.82 Å². The molecule has 0 amide bonds. The van der Waals surface area contributed by atoms with Crippen LogP contribution in [0.4, 0.5) is 10.1 Å². The summed E-state index contributed by atoms with van der Waals surface area (Å²) >= 11 is 11.9. The molecule has 1 aliphatic rings. The van der Waals surface area contributed by atoms with Crippen LogP contribution in [0.25, 0.3) is 5.69 Å². The largest absolute Gasteiger partial charge is 0.351 e. The molecule has 4 nitrogen and oxygen atoms in total. The highest BCUT2D eigenvalue weighted by atomic mass is 35.5. The molecule has 2 aromatic heterocycles. The van der Waals surface area contributed by atoms with E-state index in [0.29, 0.717) is 5.11 Å². The summed E-state index contributed by atoms with van der Waals surface area (Å²) in [5.74, 6) is -0.443. The summed E-state index contributed by atoms with van der Waals surface area (Å²) in [6, 6.07) is 22.7. The Labute approximate surface area is 202 Å². The SMILES string of the molecule is CCc1ccc(N2C(=S)NC(c3ccccn3)C2c2cccn2-c2ccc(F)c(Cl)c2)cc1. The summed E-state index contributed by atoms with van der Waals surface area (Å²) in [5, 5.41) is 4.19. The third-order valence-corrected chi connectivity index (χ3v) is 6.59. The number of hydrogen-bond acceptors (Lipinski definition) is 2. The Morgan fingerprint density at radius 2 is 1.82 bits per heavy atom. The molecule has 0 radical (unpaired) electrons. The predicted molar refractivity (Wildman–Crippen MR) is 134 cm³/mol. The van der Waals surface area contributed by atoms with Crippen LogP contribution in [-0.4, -0.2) is 14.7 Å². The zero-order valence-corrected chi connectivity index (χ0v) is 19.5. The van der Waals surface area contributed by atoms with Crippen LogP contribution in [-0.2, 0) is 6.42 Å². The van der Waals surface area contributed by atoms with Gasteiger partial charge in [0.1, 0.15) is 11.9 Å². The lowest BCUT2D eigenvalue weighted by atomic mass is 10.0. The molecule has 7 heteroatoms. The number of thiocarbonyl (C=S) groups is 1. The van der Waals surface area contributed by atoms with Crippen molar-refractivity contribution in [3.63, 3.8) is 0 Å². The lowest BCUT2D eigenvalue weighted by Gasteiger charge is -2.29. The van der Waals surface area contributed by atoms with Crippen LogP contribution < -0.4 is 10.2 Å². The zero-order valence-electron chi connectivity index (χ0n) is 18.0. The Morgan fingerprint density at radius 1 is 1.03 bits per heavy atom. The summed E-state index contributed by atoms with van der Waals surface area (Å²) in [6.45, 7) is 2.14. The zero-order chi connectivity index (χ0) is 22.9. The first-order chi connectivity index (χ1) is 16.1. The van der Waals surface area contributed by atoms with Gasteiger partial charge in [0.25, 0.3) is 0 Å². The van der Waals surface area contributed by atoms with Crippen molar-refractivity contribution in [3.05, 3.63) is 113 Å². The van der Waals surface area contributed by atoms with Gasteiger partial charge in [-0.1, -0.05) is 36.7 Å². The quantitative estimate of drug-likeness (QED) is 0.338. The fourth-order valence-electron chi connectivity index (χ4n) is 4.33. The van der Waals surface area contributed by atoms with Crippen LogP contribution in [0.15, 0.2) is 85.2 Å². The second-order valence-corrected chi connectivity index (χ2v) is 8.71. The Morgan fingerprint density at radius 3 is 2.52 bits per heavy atom. The Bertz CT molecular complexity index is 1290. The number of anilines is 1. The van der Waals surface area contributed by atoms with E-state index in [-0.39, 0.29) is 17.1 Å². The predicted octanol–water partition coefficient (Wildman–Crippen LogP) is 6.40. The molecule has 2 atom stereocenters. The summed E-state index contributed by atoms with van der Waals surface area (Å²) < 4.78 is 15.9. The molecule has 33 heavy (non-hydrogen) atoms. The molecule has 0 spiro atoms. The third-order valence-electron chi connectivity index (χ3n) is 5.99. The fourth-order valence-corrected chi connectivity index (χ4v) is 4.85. The lowest BCUT2D eigenvalue weighted by Crippen LogP contribution is -2.30. The van der Waals surface area contributed by atoms with E-state index in [4.69, 9.17) is 23.8 Å². The highest BCUT2D eigenvalue weighted by Crippen LogP contribution is 2.42. The molecule has 3 heterocycles. The van der Waals surface area contributed by atoms with Crippen LogP contribution >= 0.6 is 23.8 Å². The second kappa shape index (κ2) is 8.96. The smallest absolute Gasteiger partial charge is 0.174 e. The Balaban J connectivity index is 1.65. The van der Waals surface area contributed by atoms with Crippen molar-refractivity contribution in [3.8, 4) is 5.69 Å². The van der Waals surface area contributed by atoms with Crippen molar-refractivity contribution < 1.29 is 4.39 Å². The van der Waals surface area contributed by atoms with E-state index in [2.05, 4.69) is 52.5 Å². The standard InChI is InChI=1S/C26H22ClFN4S/c1-2-17-8-10-18(11-9-17)32-25(24(30-26(32)33)22-6-3-4-14-29-22)23-7-5-15-31(23)19-12-13-21(28)20(27)16-19/h3-16,24-25H,2H2,1H3,(H,30,33). The molecule has 2 aromatic carbocycles. The van der Waals surface area contributed by atoms with E-state index in [1.54, 1.807) is 18.3 Å². The molecule has 166 valence electrons. The molecule has 1 N–H and O–H groups in total. The van der Waals surface area contributed by atoms with Crippen molar-refractivity contribution in [2.75, 3.05) is 4.90 Å². The first-order valence-electron chi connectivity index (χ1n) is 10.8. The number of aromatic nitrogens is 2. The molecule has 0 saturated carbocycles. The number of nitrogens with one attached hydrogen (secondary N) is 1. The number of benzene rings is 2. The monoisotopic (exact) mass is 476 g/mol. The van der Waals surface area contributed by atoms with E-state index in [1.165, 1.54) is 11.6 Å². The van der Waals surface area contributed by atoms with Crippen LogP contribution in [0.2, 0.25) is 5.02 Å². The van der Waals surface area contributed by atoms with Gasteiger partial charge >= 0.3 is 0 Å². The lowest BCUT2D eigenvalue weighted by molar-refractivity contribution is 0.549. The molecule has 5 rings (SSSR count). The van der Waals surface area contributed by atoms with E-state index in [0.717, 1.165) is 29.2 Å². The average Bonchev–Trinajstić information content (AvgIpc) is 3.46. The number of pyridine rings is 1. The molecular formula is C26H22ClFN4S. The number of hydrogen-bond donors (Lipinski definition) is 1. The maximum atomic E-state index is 13.8. The maximum Gasteiger partial charge on any atom is 0.174 e. The third kappa shape index (κ3) is 4.01. The van der Waals surface area contributed by atoms with Crippen molar-refractivity contribution in [1.29, 1.82) is 0 Å². The minimum Gasteiger partial charge on any atom is -0.351 e. The average molecular weight is 477 g/mol. The van der Waals surface area contributed by atoms with Gasteiger partial charge in [0.05, 0.1) is 16.8 Å². The maximum absolute atomic E-state index is 13.8. The molecule has 1 aliphatic heterocycles. The first-order valence-corrected chi connectivity index (χ1v) is 11.6. The van der Waals surface area contributed by atoms with Crippen molar-refractivity contribution >= 4 is 34.6 Å². The summed E-state index contributed by atoms with van der Waals surface area (Å²) in [4.78, 5) is 6.74. The molecular weight excluding hydrogens is 455 g/mol. The molecule has 2 unspecified atom stereocenters. The number of halogens is 2. The topological polar surface area (TPSA) is 33.1 Å². The normalized spacial score (nSPS) is 17.9. The van der Waals surface area contributed by atoms with Gasteiger partial charge < -0.3 is 14.8 Å². The fraction of sp³-hybridized carbons (Fsp3) is 0.154. The number of aryl methyl sites for hydroxylation is 1. The summed E-state index contributed by atoms with van der Waals surface area (Å²) in [7, 11) is 0. The van der Waals surface area contributed by atoms with E-state index < -0.39 is 5.82 Å². The van der Waals surface area contributed by atoms with Gasteiger partial charge in [-0.05, 0) is 78.8 Å². The van der Waals surface area contributed by atoms with Gasteiger partial charge in [-0.3, -0.25) is 4.98 Å². The van der Waals surface area contributed by atoms with Crippen molar-refractivity contribution in [2.45, 2.75) is 25.4 Å². The summed E-state index contributed by atoms with van der Waals surface area (Å²) in [6.07, 6.45) is 4.71. The molecule has 0 bridgehead atoms. The highest BCUT2D eigenvalue weighted by Gasteiger charge is 2.42. The Kier molecular flexibility index (Phi) is 5.87. The van der Waals surface area contributed by atoms with E-state index in [9.17, 15) is 4.39 Å². The number of rotatable bonds is 5. The van der Waals surface area contributed by atoms with Crippen molar-refractivity contribution in [1.82, 2.24) is 14.9 Å². The second-order valence-electron chi connectivity index (χ2n) is 7.92. The van der Waals surface area contributed by atoms with Gasteiger partial charge in [-0.15, -0.1) is 0 Å². The van der Waals surface area contributed by atoms with Crippen molar-refractivity contribution in [2.24, 2.45) is 0 Å². The van der Waals surface area contributed by atoms with Gasteiger partial charge in [-0.2, -0.15) is 0 Å². The van der Waals surface area contributed by atoms with Crippen LogP contribution in [0.5, 0.6) is 0 Å². The molecule has 4 aromatic rings. The summed E-state index contributed by atoms with van der Waals surface area (Å²) in [5.41, 5.74) is 4.92. The van der Waals surface area contributed by atoms with Gasteiger partial charge in [-0.25, -0.2) is 4.39 Å². The minimum atomic E-state index is -0.443. The van der Waals surface area contributed by atoms with E-state index >= 15 is 0 Å². The molecule has 1 fully saturated rings. The van der Waals surface area contributed by atoms with Gasteiger partial charge in [0.15, 0.2) is 5.11 Å². The van der Waals surface area contributed by atoms with Crippen LogP contribution in [0.3, 0.4) is 0 Å². The number of nitrogens with zero attached hydrogens (tertiary/aromatic N) is 3.